The normalized spacial score (nSPS) is 19.4. The van der Waals surface area contributed by atoms with E-state index in [4.69, 9.17) is 10.5 Å². The van der Waals surface area contributed by atoms with E-state index >= 15 is 0 Å². The van der Waals surface area contributed by atoms with E-state index in [2.05, 4.69) is 16.0 Å². The number of hydrogen-bond donors (Lipinski definition) is 1. The van der Waals surface area contributed by atoms with Crippen LogP contribution in [0.25, 0.3) is 0 Å². The van der Waals surface area contributed by atoms with Gasteiger partial charge in [0.25, 0.3) is 0 Å². The van der Waals surface area contributed by atoms with E-state index in [-0.39, 0.29) is 6.04 Å². The van der Waals surface area contributed by atoms with E-state index in [1.165, 1.54) is 5.69 Å². The molecule has 1 aromatic heterocycles. The lowest BCUT2D eigenvalue weighted by molar-refractivity contribution is 0.0819. The molecule has 0 aromatic carbocycles. The average Bonchev–Trinajstić information content (AvgIpc) is 2.39. The third-order valence-electron chi connectivity index (χ3n) is 3.38. The van der Waals surface area contributed by atoms with Gasteiger partial charge in [0.15, 0.2) is 0 Å². The number of methoxy groups -OCH3 is 1. The molecule has 0 spiro atoms. The topological polar surface area (TPSA) is 51.4 Å². The molecular formula is C13H21N3O. The Morgan fingerprint density at radius 3 is 2.59 bits per heavy atom. The minimum absolute atomic E-state index is 0.00303. The van der Waals surface area contributed by atoms with Crippen molar-refractivity contribution in [2.45, 2.75) is 31.9 Å². The molecule has 4 nitrogen and oxygen atoms in total. The number of rotatable bonds is 3. The summed E-state index contributed by atoms with van der Waals surface area (Å²) in [4.78, 5) is 6.75. The first-order valence-corrected chi connectivity index (χ1v) is 6.20. The molecule has 17 heavy (non-hydrogen) atoms. The maximum Gasteiger partial charge on any atom is 0.0605 e. The smallest absolute Gasteiger partial charge is 0.0605 e. The van der Waals surface area contributed by atoms with E-state index < -0.39 is 0 Å². The number of aromatic nitrogens is 1. The summed E-state index contributed by atoms with van der Waals surface area (Å²) in [5, 5.41) is 0. The summed E-state index contributed by atoms with van der Waals surface area (Å²) < 4.78 is 5.37. The molecule has 2 N–H and O–H groups in total. The number of ether oxygens (including phenoxy) is 1. The fourth-order valence-electron chi connectivity index (χ4n) is 2.20. The van der Waals surface area contributed by atoms with Crippen LogP contribution < -0.4 is 10.6 Å². The fraction of sp³-hybridized carbons (Fsp3) is 0.615. The maximum atomic E-state index is 5.79. The number of pyridine rings is 1. The Bertz CT molecular complexity index is 342. The molecular weight excluding hydrogens is 214 g/mol. The van der Waals surface area contributed by atoms with Crippen LogP contribution in [0.5, 0.6) is 0 Å². The highest BCUT2D eigenvalue weighted by Crippen LogP contribution is 2.21. The van der Waals surface area contributed by atoms with Gasteiger partial charge in [-0.2, -0.15) is 0 Å². The highest BCUT2D eigenvalue weighted by Gasteiger charge is 2.19. The molecule has 0 bridgehead atoms. The molecule has 0 amide bonds. The second-order valence-electron chi connectivity index (χ2n) is 4.65. The predicted molar refractivity (Wildman–Crippen MR) is 69.1 cm³/mol. The van der Waals surface area contributed by atoms with Crippen molar-refractivity contribution in [3.05, 3.63) is 24.0 Å². The van der Waals surface area contributed by atoms with Crippen LogP contribution in [-0.4, -0.2) is 31.3 Å². The zero-order chi connectivity index (χ0) is 12.3. The van der Waals surface area contributed by atoms with Crippen LogP contribution in [0.2, 0.25) is 0 Å². The first-order valence-electron chi connectivity index (χ1n) is 6.20. The van der Waals surface area contributed by atoms with Gasteiger partial charge >= 0.3 is 0 Å². The summed E-state index contributed by atoms with van der Waals surface area (Å²) in [5.74, 6) is 0. The Morgan fingerprint density at radius 1 is 1.41 bits per heavy atom. The van der Waals surface area contributed by atoms with Gasteiger partial charge < -0.3 is 15.4 Å². The zero-order valence-corrected chi connectivity index (χ0v) is 10.6. The van der Waals surface area contributed by atoms with Gasteiger partial charge in [-0.3, -0.25) is 4.98 Å². The maximum absolute atomic E-state index is 5.79. The highest BCUT2D eigenvalue weighted by molar-refractivity contribution is 5.45. The van der Waals surface area contributed by atoms with Gasteiger partial charge in [-0.1, -0.05) is 0 Å². The minimum Gasteiger partial charge on any atom is -0.381 e. The van der Waals surface area contributed by atoms with E-state index in [0.29, 0.717) is 6.10 Å². The van der Waals surface area contributed by atoms with Crippen molar-refractivity contribution < 1.29 is 4.74 Å². The van der Waals surface area contributed by atoms with Crippen molar-refractivity contribution >= 4 is 5.69 Å². The Morgan fingerprint density at radius 2 is 2.12 bits per heavy atom. The quantitative estimate of drug-likeness (QED) is 0.866. The summed E-state index contributed by atoms with van der Waals surface area (Å²) in [6, 6.07) is 4.13. The number of nitrogens with zero attached hydrogens (tertiary/aromatic N) is 2. The summed E-state index contributed by atoms with van der Waals surface area (Å²) >= 11 is 0. The highest BCUT2D eigenvalue weighted by atomic mass is 16.5. The number of nitrogens with two attached hydrogens (primary N) is 1. The molecule has 0 unspecified atom stereocenters. The van der Waals surface area contributed by atoms with E-state index in [1.807, 2.05) is 19.2 Å². The number of piperidine rings is 1. The standard InChI is InChI=1S/C13H21N3O/c1-10(14)13-4-3-11(9-15-13)16-7-5-12(17-2)6-8-16/h3-4,9-10,12H,5-8,14H2,1-2H3/t10-/m1/s1. The van der Waals surface area contributed by atoms with Crippen molar-refractivity contribution in [2.75, 3.05) is 25.1 Å². The third kappa shape index (κ3) is 2.96. The van der Waals surface area contributed by atoms with Gasteiger partial charge in [0, 0.05) is 26.2 Å². The van der Waals surface area contributed by atoms with E-state index in [9.17, 15) is 0 Å². The molecule has 2 heterocycles. The van der Waals surface area contributed by atoms with Gasteiger partial charge in [-0.05, 0) is 31.9 Å². The molecule has 94 valence electrons. The lowest BCUT2D eigenvalue weighted by Crippen LogP contribution is -2.36. The van der Waals surface area contributed by atoms with Crippen molar-refractivity contribution in [3.8, 4) is 0 Å². The van der Waals surface area contributed by atoms with Gasteiger partial charge in [-0.25, -0.2) is 0 Å². The zero-order valence-electron chi connectivity index (χ0n) is 10.6. The van der Waals surface area contributed by atoms with Crippen LogP contribution in [0.4, 0.5) is 5.69 Å². The van der Waals surface area contributed by atoms with E-state index in [0.717, 1.165) is 31.6 Å². The molecule has 1 saturated heterocycles. The van der Waals surface area contributed by atoms with Crippen molar-refractivity contribution in [1.29, 1.82) is 0 Å². The van der Waals surface area contributed by atoms with Crippen LogP contribution in [0.3, 0.4) is 0 Å². The predicted octanol–water partition coefficient (Wildman–Crippen LogP) is 1.72. The molecule has 0 aliphatic carbocycles. The van der Waals surface area contributed by atoms with Gasteiger partial charge in [0.2, 0.25) is 0 Å². The largest absolute Gasteiger partial charge is 0.381 e. The molecule has 4 heteroatoms. The monoisotopic (exact) mass is 235 g/mol. The third-order valence-corrected chi connectivity index (χ3v) is 3.38. The summed E-state index contributed by atoms with van der Waals surface area (Å²) in [6.07, 6.45) is 4.52. The van der Waals surface area contributed by atoms with Gasteiger partial charge in [0.05, 0.1) is 23.7 Å². The molecule has 1 aliphatic heterocycles. The Kier molecular flexibility index (Phi) is 3.97. The van der Waals surface area contributed by atoms with E-state index in [1.54, 1.807) is 7.11 Å². The minimum atomic E-state index is 0.00303. The summed E-state index contributed by atoms with van der Waals surface area (Å²) in [5.41, 5.74) is 7.91. The van der Waals surface area contributed by atoms with Crippen LogP contribution >= 0.6 is 0 Å². The lowest BCUT2D eigenvalue weighted by Gasteiger charge is -2.32. The fourth-order valence-corrected chi connectivity index (χ4v) is 2.20. The van der Waals surface area contributed by atoms with Crippen molar-refractivity contribution in [2.24, 2.45) is 5.73 Å². The number of anilines is 1. The SMILES string of the molecule is COC1CCN(c2ccc([C@@H](C)N)nc2)CC1. The molecule has 2 rings (SSSR count). The van der Waals surface area contributed by atoms with Crippen LogP contribution in [0.1, 0.15) is 31.5 Å². The molecule has 0 radical (unpaired) electrons. The lowest BCUT2D eigenvalue weighted by atomic mass is 10.1. The Labute approximate surface area is 103 Å². The average molecular weight is 235 g/mol. The van der Waals surface area contributed by atoms with Gasteiger partial charge in [-0.15, -0.1) is 0 Å². The first kappa shape index (κ1) is 12.3. The van der Waals surface area contributed by atoms with Crippen LogP contribution in [-0.2, 0) is 4.74 Å². The van der Waals surface area contributed by atoms with Crippen LogP contribution in [0, 0.1) is 0 Å². The summed E-state index contributed by atoms with van der Waals surface area (Å²) in [6.45, 7) is 4.03. The van der Waals surface area contributed by atoms with Gasteiger partial charge in [0.1, 0.15) is 0 Å². The molecule has 0 saturated carbocycles. The van der Waals surface area contributed by atoms with Crippen LogP contribution in [0.15, 0.2) is 18.3 Å². The molecule has 1 fully saturated rings. The van der Waals surface area contributed by atoms with Crippen molar-refractivity contribution in [3.63, 3.8) is 0 Å². The Balaban J connectivity index is 1.99. The second-order valence-corrected chi connectivity index (χ2v) is 4.65. The Hall–Kier alpha value is -1.13. The first-order chi connectivity index (χ1) is 8.20. The summed E-state index contributed by atoms with van der Waals surface area (Å²) in [7, 11) is 1.79. The second kappa shape index (κ2) is 5.47. The molecule has 1 aromatic rings. The molecule has 1 aliphatic rings. The number of hydrogen-bond acceptors (Lipinski definition) is 4. The van der Waals surface area contributed by atoms with Crippen molar-refractivity contribution in [1.82, 2.24) is 4.98 Å². The molecule has 1 atom stereocenters.